The molecule has 0 fully saturated rings. The Morgan fingerprint density at radius 2 is 2.11 bits per heavy atom. The predicted octanol–water partition coefficient (Wildman–Crippen LogP) is 1.96. The van der Waals surface area contributed by atoms with Crippen molar-refractivity contribution in [3.05, 3.63) is 29.3 Å². The van der Waals surface area contributed by atoms with Crippen LogP contribution in [0.4, 0.5) is 5.69 Å². The average Bonchev–Trinajstić information content (AvgIpc) is 2.53. The minimum atomic E-state index is -0.829. The number of hydrogen-bond donors (Lipinski definition) is 1. The number of fused-ring (bicyclic) bond motifs is 1. The first-order chi connectivity index (χ1) is 8.33. The predicted molar refractivity (Wildman–Crippen MR) is 68.8 cm³/mol. The molecule has 1 aliphatic heterocycles. The number of likely N-dealkylation sites (N-methyl/N-ethyl adjacent to an activating group) is 1. The van der Waals surface area contributed by atoms with Gasteiger partial charge in [0.2, 0.25) is 5.91 Å². The van der Waals surface area contributed by atoms with E-state index in [1.807, 2.05) is 32.0 Å². The summed E-state index contributed by atoms with van der Waals surface area (Å²) in [6.45, 7) is 3.79. The lowest BCUT2D eigenvalue weighted by Gasteiger charge is -2.28. The highest BCUT2D eigenvalue weighted by Gasteiger charge is 2.33. The number of anilines is 1. The molecule has 0 aromatic heterocycles. The van der Waals surface area contributed by atoms with Crippen molar-refractivity contribution in [3.63, 3.8) is 0 Å². The largest absolute Gasteiger partial charge is 0.481 e. The summed E-state index contributed by atoms with van der Waals surface area (Å²) >= 11 is 0. The van der Waals surface area contributed by atoms with Gasteiger partial charge in [-0.2, -0.15) is 0 Å². The van der Waals surface area contributed by atoms with E-state index in [-0.39, 0.29) is 12.3 Å². The molecule has 0 aliphatic carbocycles. The van der Waals surface area contributed by atoms with Crippen LogP contribution in [0.3, 0.4) is 0 Å². The second-order valence-electron chi connectivity index (χ2n) is 5.40. The van der Waals surface area contributed by atoms with E-state index in [4.69, 9.17) is 5.11 Å². The summed E-state index contributed by atoms with van der Waals surface area (Å²) in [5.41, 5.74) is 2.30. The molecule has 4 nitrogen and oxygen atoms in total. The molecule has 1 heterocycles. The van der Waals surface area contributed by atoms with Gasteiger partial charge in [0.15, 0.2) is 0 Å². The molecule has 18 heavy (non-hydrogen) atoms. The van der Waals surface area contributed by atoms with Crippen LogP contribution in [0.15, 0.2) is 18.2 Å². The summed E-state index contributed by atoms with van der Waals surface area (Å²) in [6.07, 6.45) is 0.453. The molecule has 0 unspecified atom stereocenters. The van der Waals surface area contributed by atoms with Crippen LogP contribution in [0.5, 0.6) is 0 Å². The number of nitrogens with zero attached hydrogens (tertiary/aromatic N) is 1. The van der Waals surface area contributed by atoms with Gasteiger partial charge in [-0.25, -0.2) is 0 Å². The standard InChI is InChI=1S/C14H17NO3/c1-14(2,8-12(17)18)10-6-4-5-9-7-11(16)15(3)13(9)10/h4-6H,7-8H2,1-3H3,(H,17,18). The highest BCUT2D eigenvalue weighted by molar-refractivity contribution is 6.02. The molecule has 1 aromatic carbocycles. The zero-order chi connectivity index (χ0) is 13.5. The Hall–Kier alpha value is -1.84. The van der Waals surface area contributed by atoms with E-state index in [2.05, 4.69) is 0 Å². The normalized spacial score (nSPS) is 14.8. The van der Waals surface area contributed by atoms with Crippen molar-refractivity contribution in [3.8, 4) is 0 Å². The maximum atomic E-state index is 11.7. The van der Waals surface area contributed by atoms with Crippen molar-refractivity contribution < 1.29 is 14.7 Å². The molecule has 96 valence electrons. The van der Waals surface area contributed by atoms with E-state index in [0.717, 1.165) is 16.8 Å². The van der Waals surface area contributed by atoms with Crippen LogP contribution >= 0.6 is 0 Å². The fraction of sp³-hybridized carbons (Fsp3) is 0.429. The number of carboxylic acids is 1. The van der Waals surface area contributed by atoms with Gasteiger partial charge in [-0.3, -0.25) is 9.59 Å². The van der Waals surface area contributed by atoms with E-state index in [0.29, 0.717) is 6.42 Å². The van der Waals surface area contributed by atoms with Gasteiger partial charge in [0, 0.05) is 12.5 Å². The van der Waals surface area contributed by atoms with Gasteiger partial charge in [0.1, 0.15) is 0 Å². The first-order valence-corrected chi connectivity index (χ1v) is 5.93. The van der Waals surface area contributed by atoms with Crippen molar-refractivity contribution >= 4 is 17.6 Å². The lowest BCUT2D eigenvalue weighted by atomic mass is 9.80. The molecule has 1 amide bonds. The summed E-state index contributed by atoms with van der Waals surface area (Å²) in [7, 11) is 1.74. The zero-order valence-electron chi connectivity index (χ0n) is 10.9. The summed E-state index contributed by atoms with van der Waals surface area (Å²) in [4.78, 5) is 24.3. The van der Waals surface area contributed by atoms with Crippen molar-refractivity contribution in [2.45, 2.75) is 32.1 Å². The van der Waals surface area contributed by atoms with E-state index in [1.165, 1.54) is 0 Å². The number of carboxylic acid groups (broad SMARTS) is 1. The molecule has 0 radical (unpaired) electrons. The Bertz CT molecular complexity index is 520. The van der Waals surface area contributed by atoms with Gasteiger partial charge < -0.3 is 10.0 Å². The van der Waals surface area contributed by atoms with Crippen LogP contribution in [-0.4, -0.2) is 24.0 Å². The smallest absolute Gasteiger partial charge is 0.304 e. The molecule has 0 saturated heterocycles. The van der Waals surface area contributed by atoms with Gasteiger partial charge >= 0.3 is 5.97 Å². The summed E-state index contributed by atoms with van der Waals surface area (Å²) in [5, 5.41) is 9.00. The Labute approximate surface area is 106 Å². The maximum absolute atomic E-state index is 11.7. The minimum absolute atomic E-state index is 0.0471. The van der Waals surface area contributed by atoms with E-state index >= 15 is 0 Å². The first-order valence-electron chi connectivity index (χ1n) is 5.93. The molecule has 2 rings (SSSR count). The van der Waals surface area contributed by atoms with Crippen LogP contribution in [0.1, 0.15) is 31.4 Å². The fourth-order valence-corrected chi connectivity index (χ4v) is 2.56. The van der Waals surface area contributed by atoms with Crippen molar-refractivity contribution in [2.24, 2.45) is 0 Å². The van der Waals surface area contributed by atoms with Gasteiger partial charge in [0.25, 0.3) is 0 Å². The lowest BCUT2D eigenvalue weighted by Crippen LogP contribution is -2.27. The average molecular weight is 247 g/mol. The van der Waals surface area contributed by atoms with E-state index in [1.54, 1.807) is 11.9 Å². The third kappa shape index (κ3) is 1.98. The Morgan fingerprint density at radius 1 is 1.44 bits per heavy atom. The molecule has 1 aliphatic rings. The van der Waals surface area contributed by atoms with Crippen LogP contribution in [0.2, 0.25) is 0 Å². The van der Waals surface area contributed by atoms with E-state index < -0.39 is 11.4 Å². The summed E-state index contributed by atoms with van der Waals surface area (Å²) < 4.78 is 0. The monoisotopic (exact) mass is 247 g/mol. The van der Waals surface area contributed by atoms with Crippen molar-refractivity contribution in [2.75, 3.05) is 11.9 Å². The van der Waals surface area contributed by atoms with Crippen LogP contribution < -0.4 is 4.90 Å². The first kappa shape index (κ1) is 12.6. The molecule has 4 heteroatoms. The minimum Gasteiger partial charge on any atom is -0.481 e. The molecule has 1 aromatic rings. The number of amides is 1. The molecule has 0 atom stereocenters. The number of aliphatic carboxylic acids is 1. The van der Waals surface area contributed by atoms with Gasteiger partial charge in [-0.1, -0.05) is 32.0 Å². The van der Waals surface area contributed by atoms with Crippen molar-refractivity contribution in [1.82, 2.24) is 0 Å². The third-order valence-corrected chi connectivity index (χ3v) is 3.49. The lowest BCUT2D eigenvalue weighted by molar-refractivity contribution is -0.138. The van der Waals surface area contributed by atoms with Crippen LogP contribution in [0.25, 0.3) is 0 Å². The highest BCUT2D eigenvalue weighted by atomic mass is 16.4. The van der Waals surface area contributed by atoms with Gasteiger partial charge in [-0.15, -0.1) is 0 Å². The Morgan fingerprint density at radius 3 is 2.72 bits per heavy atom. The molecular weight excluding hydrogens is 230 g/mol. The zero-order valence-corrected chi connectivity index (χ0v) is 10.9. The number of carbonyl (C=O) groups is 2. The second-order valence-corrected chi connectivity index (χ2v) is 5.40. The number of rotatable bonds is 3. The van der Waals surface area contributed by atoms with Crippen LogP contribution in [0, 0.1) is 0 Å². The molecule has 0 bridgehead atoms. The van der Waals surface area contributed by atoms with Gasteiger partial charge in [-0.05, 0) is 11.1 Å². The third-order valence-electron chi connectivity index (χ3n) is 3.49. The van der Waals surface area contributed by atoms with Crippen molar-refractivity contribution in [1.29, 1.82) is 0 Å². The SMILES string of the molecule is CN1C(=O)Cc2cccc(C(C)(C)CC(=O)O)c21. The maximum Gasteiger partial charge on any atom is 0.304 e. The van der Waals surface area contributed by atoms with Crippen LogP contribution in [-0.2, 0) is 21.4 Å². The summed E-state index contributed by atoms with van der Waals surface area (Å²) in [5.74, 6) is -0.770. The van der Waals surface area contributed by atoms with Gasteiger partial charge in [0.05, 0.1) is 18.5 Å². The summed E-state index contributed by atoms with van der Waals surface area (Å²) in [6, 6.07) is 5.73. The topological polar surface area (TPSA) is 57.6 Å². The number of hydrogen-bond acceptors (Lipinski definition) is 2. The number of benzene rings is 1. The highest BCUT2D eigenvalue weighted by Crippen LogP contribution is 2.39. The number of para-hydroxylation sites is 1. The Kier molecular flexibility index (Phi) is 2.89. The Balaban J connectivity index is 2.51. The fourth-order valence-electron chi connectivity index (χ4n) is 2.56. The molecule has 0 spiro atoms. The second kappa shape index (κ2) is 4.12. The molecule has 1 N–H and O–H groups in total. The molecular formula is C14H17NO3. The van der Waals surface area contributed by atoms with E-state index in [9.17, 15) is 9.59 Å². The quantitative estimate of drug-likeness (QED) is 0.888. The molecule has 0 saturated carbocycles. The number of carbonyl (C=O) groups excluding carboxylic acids is 1.